The van der Waals surface area contributed by atoms with Crippen molar-refractivity contribution in [3.8, 4) is 0 Å². The molecule has 0 aliphatic heterocycles. The van der Waals surface area contributed by atoms with Crippen LogP contribution in [0.2, 0.25) is 0 Å². The summed E-state index contributed by atoms with van der Waals surface area (Å²) in [6.07, 6.45) is 9.82. The smallest absolute Gasteiger partial charge is 0.136 e. The normalized spacial score (nSPS) is 48.1. The van der Waals surface area contributed by atoms with Gasteiger partial charge in [-0.2, -0.15) is 0 Å². The summed E-state index contributed by atoms with van der Waals surface area (Å²) in [6.45, 7) is 11.7. The number of aliphatic hydroxyl groups is 2. The maximum absolute atomic E-state index is 13.2. The third kappa shape index (κ3) is 3.60. The summed E-state index contributed by atoms with van der Waals surface area (Å²) in [5.41, 5.74) is 0.373. The summed E-state index contributed by atoms with van der Waals surface area (Å²) in [4.78, 5) is 13.2. The van der Waals surface area contributed by atoms with Gasteiger partial charge in [-0.3, -0.25) is 4.79 Å². The van der Waals surface area contributed by atoms with Crippen molar-refractivity contribution >= 4 is 5.78 Å². The lowest BCUT2D eigenvalue weighted by Crippen LogP contribution is -2.57. The number of aliphatic hydroxyl groups excluding tert-OH is 2. The lowest BCUT2D eigenvalue weighted by atomic mass is 9.44. The number of Topliss-reactive ketones (excluding diaryl/α,β-unsaturated/α-hetero) is 1. The molecule has 172 valence electrons. The van der Waals surface area contributed by atoms with Gasteiger partial charge in [0.05, 0.1) is 12.2 Å². The second kappa shape index (κ2) is 8.18. The molecule has 0 spiro atoms. The van der Waals surface area contributed by atoms with E-state index in [4.69, 9.17) is 0 Å². The minimum Gasteiger partial charge on any atom is -0.393 e. The molecule has 0 aromatic rings. The molecule has 30 heavy (non-hydrogen) atoms. The van der Waals surface area contributed by atoms with Crippen molar-refractivity contribution in [3.63, 3.8) is 0 Å². The number of hydrogen-bond acceptors (Lipinski definition) is 3. The monoisotopic (exact) mass is 418 g/mol. The van der Waals surface area contributed by atoms with Crippen molar-refractivity contribution in [2.45, 2.75) is 111 Å². The number of carbonyl (C=O) groups is 1. The minimum atomic E-state index is -0.276. The number of carbonyl (C=O) groups excluding carboxylic acids is 1. The van der Waals surface area contributed by atoms with E-state index >= 15 is 0 Å². The van der Waals surface area contributed by atoms with Crippen molar-refractivity contribution in [2.75, 3.05) is 0 Å². The highest BCUT2D eigenvalue weighted by atomic mass is 16.3. The Labute approximate surface area is 184 Å². The largest absolute Gasteiger partial charge is 0.393 e. The SMILES string of the molecule is CC(C)CCC(O)[C@@H](C)[C@H]1CC[C@H]2[C@@H]3CC(=O)C4CC(O)CC[C@]4(C)[C@H]3CC[C@]12C. The average molecular weight is 419 g/mol. The Balaban J connectivity index is 1.53. The standard InChI is InChI=1S/C27H46O3/c1-16(2)6-9-24(29)17(3)20-7-8-21-19-15-25(30)23-14-18(28)10-12-27(23,5)22(19)11-13-26(20,21)4/h16-24,28-29H,6-15H2,1-5H3/t17-,18?,19-,20+,21-,22-,23?,24?,26+,27+/m0/s1. The van der Waals surface area contributed by atoms with Gasteiger partial charge in [-0.05, 0) is 104 Å². The molecule has 4 aliphatic carbocycles. The summed E-state index contributed by atoms with van der Waals surface area (Å²) in [6, 6.07) is 0. The first-order valence-electron chi connectivity index (χ1n) is 13.0. The second-order valence-electron chi connectivity index (χ2n) is 12.7. The van der Waals surface area contributed by atoms with Crippen molar-refractivity contribution in [2.24, 2.45) is 52.3 Å². The first kappa shape index (κ1) is 22.8. The predicted molar refractivity (Wildman–Crippen MR) is 121 cm³/mol. The van der Waals surface area contributed by atoms with E-state index in [0.29, 0.717) is 47.7 Å². The fourth-order valence-corrected chi connectivity index (χ4v) is 8.96. The Morgan fingerprint density at radius 1 is 0.967 bits per heavy atom. The van der Waals surface area contributed by atoms with Crippen LogP contribution in [0, 0.1) is 52.3 Å². The van der Waals surface area contributed by atoms with Gasteiger partial charge in [0.25, 0.3) is 0 Å². The van der Waals surface area contributed by atoms with Crippen LogP contribution in [0.3, 0.4) is 0 Å². The molecule has 0 aromatic carbocycles. The Kier molecular flexibility index (Phi) is 6.21. The van der Waals surface area contributed by atoms with Crippen molar-refractivity contribution < 1.29 is 15.0 Å². The first-order chi connectivity index (χ1) is 14.1. The zero-order valence-electron chi connectivity index (χ0n) is 20.1. The Bertz CT molecular complexity index is 644. The van der Waals surface area contributed by atoms with Crippen LogP contribution in [0.25, 0.3) is 0 Å². The molecule has 4 rings (SSSR count). The highest BCUT2D eigenvalue weighted by Gasteiger charge is 2.62. The Hall–Kier alpha value is -0.410. The fourth-order valence-electron chi connectivity index (χ4n) is 8.96. The van der Waals surface area contributed by atoms with Gasteiger partial charge < -0.3 is 10.2 Å². The van der Waals surface area contributed by atoms with E-state index < -0.39 is 0 Å². The molecule has 3 heteroatoms. The average Bonchev–Trinajstić information content (AvgIpc) is 3.04. The number of ketones is 1. The third-order valence-electron chi connectivity index (χ3n) is 10.8. The molecule has 4 aliphatic rings. The van der Waals surface area contributed by atoms with E-state index in [1.54, 1.807) is 0 Å². The van der Waals surface area contributed by atoms with E-state index in [2.05, 4.69) is 34.6 Å². The maximum atomic E-state index is 13.2. The first-order valence-corrected chi connectivity index (χ1v) is 13.0. The summed E-state index contributed by atoms with van der Waals surface area (Å²) >= 11 is 0. The number of fused-ring (bicyclic) bond motifs is 5. The minimum absolute atomic E-state index is 0.0841. The van der Waals surface area contributed by atoms with Crippen LogP contribution in [-0.2, 0) is 4.79 Å². The van der Waals surface area contributed by atoms with E-state index in [1.807, 2.05) is 0 Å². The van der Waals surface area contributed by atoms with Crippen LogP contribution >= 0.6 is 0 Å². The van der Waals surface area contributed by atoms with Crippen molar-refractivity contribution in [3.05, 3.63) is 0 Å². The summed E-state index contributed by atoms with van der Waals surface area (Å²) < 4.78 is 0. The molecule has 4 fully saturated rings. The molecule has 2 N–H and O–H groups in total. The van der Waals surface area contributed by atoms with E-state index in [-0.39, 0.29) is 29.0 Å². The fraction of sp³-hybridized carbons (Fsp3) is 0.963. The zero-order chi connectivity index (χ0) is 21.8. The van der Waals surface area contributed by atoms with Gasteiger partial charge in [0.1, 0.15) is 5.78 Å². The molecule has 10 atom stereocenters. The van der Waals surface area contributed by atoms with Crippen LogP contribution in [-0.4, -0.2) is 28.2 Å². The lowest BCUT2D eigenvalue weighted by molar-refractivity contribution is -0.160. The van der Waals surface area contributed by atoms with Crippen LogP contribution in [0.15, 0.2) is 0 Å². The molecule has 0 saturated heterocycles. The summed E-state index contributed by atoms with van der Waals surface area (Å²) in [5, 5.41) is 21.2. The summed E-state index contributed by atoms with van der Waals surface area (Å²) in [5.74, 6) is 3.90. The van der Waals surface area contributed by atoms with Crippen molar-refractivity contribution in [1.29, 1.82) is 0 Å². The van der Waals surface area contributed by atoms with E-state index in [1.165, 1.54) is 25.7 Å². The van der Waals surface area contributed by atoms with Crippen LogP contribution in [0.1, 0.15) is 98.8 Å². The molecule has 0 aromatic heterocycles. The van der Waals surface area contributed by atoms with Crippen molar-refractivity contribution in [1.82, 2.24) is 0 Å². The lowest BCUT2D eigenvalue weighted by Gasteiger charge is -2.60. The quantitative estimate of drug-likeness (QED) is 0.609. The Morgan fingerprint density at radius 3 is 2.33 bits per heavy atom. The molecule has 0 bridgehead atoms. The number of hydrogen-bond donors (Lipinski definition) is 2. The second-order valence-corrected chi connectivity index (χ2v) is 12.7. The molecular weight excluding hydrogens is 372 g/mol. The highest BCUT2D eigenvalue weighted by molar-refractivity contribution is 5.83. The summed E-state index contributed by atoms with van der Waals surface area (Å²) in [7, 11) is 0. The molecule has 4 saturated carbocycles. The maximum Gasteiger partial charge on any atom is 0.136 e. The van der Waals surface area contributed by atoms with Crippen LogP contribution in [0.4, 0.5) is 0 Å². The van der Waals surface area contributed by atoms with Gasteiger partial charge in [-0.25, -0.2) is 0 Å². The topological polar surface area (TPSA) is 57.5 Å². The zero-order valence-corrected chi connectivity index (χ0v) is 20.1. The Morgan fingerprint density at radius 2 is 1.63 bits per heavy atom. The number of rotatable bonds is 5. The predicted octanol–water partition coefficient (Wildman–Crippen LogP) is 5.62. The molecule has 0 radical (unpaired) electrons. The van der Waals surface area contributed by atoms with E-state index in [0.717, 1.165) is 32.1 Å². The van der Waals surface area contributed by atoms with Gasteiger partial charge >= 0.3 is 0 Å². The molecule has 3 unspecified atom stereocenters. The van der Waals surface area contributed by atoms with Gasteiger partial charge in [0.2, 0.25) is 0 Å². The van der Waals surface area contributed by atoms with Gasteiger partial charge in [-0.15, -0.1) is 0 Å². The highest BCUT2D eigenvalue weighted by Crippen LogP contribution is 2.67. The van der Waals surface area contributed by atoms with Gasteiger partial charge in [-0.1, -0.05) is 34.6 Å². The van der Waals surface area contributed by atoms with E-state index in [9.17, 15) is 15.0 Å². The molecular formula is C27H46O3. The molecule has 0 heterocycles. The van der Waals surface area contributed by atoms with Gasteiger partial charge in [0.15, 0.2) is 0 Å². The van der Waals surface area contributed by atoms with Crippen LogP contribution < -0.4 is 0 Å². The molecule has 3 nitrogen and oxygen atoms in total. The van der Waals surface area contributed by atoms with Crippen LogP contribution in [0.5, 0.6) is 0 Å². The van der Waals surface area contributed by atoms with Gasteiger partial charge in [0, 0.05) is 12.3 Å². The third-order valence-corrected chi connectivity index (χ3v) is 10.8. The molecule has 0 amide bonds.